The predicted molar refractivity (Wildman–Crippen MR) is 84.0 cm³/mol. The summed E-state index contributed by atoms with van der Waals surface area (Å²) in [6.45, 7) is 0.609. The van der Waals surface area contributed by atoms with Crippen LogP contribution < -0.4 is 10.9 Å². The van der Waals surface area contributed by atoms with E-state index in [0.29, 0.717) is 34.9 Å². The molecule has 0 spiro atoms. The predicted octanol–water partition coefficient (Wildman–Crippen LogP) is 2.92. The molecule has 6 heteroatoms. The van der Waals surface area contributed by atoms with Crippen molar-refractivity contribution in [3.8, 4) is 0 Å². The zero-order valence-electron chi connectivity index (χ0n) is 11.3. The van der Waals surface area contributed by atoms with Crippen molar-refractivity contribution < 1.29 is 0 Å². The number of nitrogens with zero attached hydrogens (tertiary/aromatic N) is 1. The van der Waals surface area contributed by atoms with Crippen LogP contribution in [-0.2, 0) is 13.0 Å². The van der Waals surface area contributed by atoms with Gasteiger partial charge >= 0.3 is 0 Å². The SMILES string of the molecule is O=c1cc(CNC2CC2)nc(Cc2c(Cl)cccc2Cl)[nH]1. The molecule has 0 aliphatic heterocycles. The number of halogens is 2. The average Bonchev–Trinajstić information content (AvgIpc) is 3.24. The van der Waals surface area contributed by atoms with Crippen molar-refractivity contribution in [3.63, 3.8) is 0 Å². The molecule has 1 aliphatic rings. The fourth-order valence-electron chi connectivity index (χ4n) is 2.14. The van der Waals surface area contributed by atoms with E-state index in [-0.39, 0.29) is 5.56 Å². The minimum Gasteiger partial charge on any atom is -0.310 e. The first-order chi connectivity index (χ1) is 10.1. The molecule has 0 radical (unpaired) electrons. The molecule has 0 atom stereocenters. The summed E-state index contributed by atoms with van der Waals surface area (Å²) in [5.74, 6) is 0.574. The molecule has 4 nitrogen and oxygen atoms in total. The van der Waals surface area contributed by atoms with Crippen LogP contribution in [0, 0.1) is 0 Å². The molecule has 0 unspecified atom stereocenters. The Hall–Kier alpha value is -1.36. The molecule has 3 rings (SSSR count). The summed E-state index contributed by atoms with van der Waals surface area (Å²) in [7, 11) is 0. The standard InChI is InChI=1S/C15H15Cl2N3O/c16-12-2-1-3-13(17)11(12)7-14-19-10(6-15(21)20-14)8-18-9-4-5-9/h1-3,6,9,18H,4-5,7-8H2,(H,19,20,21). The number of hydrogen-bond acceptors (Lipinski definition) is 3. The van der Waals surface area contributed by atoms with Gasteiger partial charge in [0.2, 0.25) is 0 Å². The van der Waals surface area contributed by atoms with Crippen LogP contribution in [0.2, 0.25) is 10.0 Å². The maximum Gasteiger partial charge on any atom is 0.251 e. The summed E-state index contributed by atoms with van der Waals surface area (Å²) in [5, 5.41) is 4.50. The van der Waals surface area contributed by atoms with Crippen LogP contribution in [0.5, 0.6) is 0 Å². The zero-order valence-corrected chi connectivity index (χ0v) is 12.8. The van der Waals surface area contributed by atoms with E-state index in [1.54, 1.807) is 18.2 Å². The van der Waals surface area contributed by atoms with E-state index in [2.05, 4.69) is 15.3 Å². The molecule has 1 heterocycles. The molecule has 1 saturated carbocycles. The van der Waals surface area contributed by atoms with Gasteiger partial charge in [-0.3, -0.25) is 4.79 Å². The number of H-pyrrole nitrogens is 1. The van der Waals surface area contributed by atoms with Crippen LogP contribution in [0.15, 0.2) is 29.1 Å². The summed E-state index contributed by atoms with van der Waals surface area (Å²) in [4.78, 5) is 19.0. The highest BCUT2D eigenvalue weighted by Gasteiger charge is 2.20. The summed E-state index contributed by atoms with van der Waals surface area (Å²) in [5.41, 5.74) is 1.36. The summed E-state index contributed by atoms with van der Waals surface area (Å²) < 4.78 is 0. The van der Waals surface area contributed by atoms with Crippen molar-refractivity contribution in [2.24, 2.45) is 0 Å². The van der Waals surface area contributed by atoms with Crippen LogP contribution in [-0.4, -0.2) is 16.0 Å². The average molecular weight is 324 g/mol. The van der Waals surface area contributed by atoms with Crippen LogP contribution in [0.3, 0.4) is 0 Å². The number of benzene rings is 1. The van der Waals surface area contributed by atoms with E-state index >= 15 is 0 Å². The second-order valence-electron chi connectivity index (χ2n) is 5.22. The fourth-order valence-corrected chi connectivity index (χ4v) is 2.67. The monoisotopic (exact) mass is 323 g/mol. The number of aromatic amines is 1. The van der Waals surface area contributed by atoms with Crippen LogP contribution in [0.1, 0.15) is 29.9 Å². The smallest absolute Gasteiger partial charge is 0.251 e. The van der Waals surface area contributed by atoms with Crippen molar-refractivity contribution >= 4 is 23.2 Å². The largest absolute Gasteiger partial charge is 0.310 e. The van der Waals surface area contributed by atoms with Gasteiger partial charge in [-0.1, -0.05) is 29.3 Å². The Bertz CT molecular complexity index is 690. The Morgan fingerprint density at radius 3 is 2.67 bits per heavy atom. The molecule has 21 heavy (non-hydrogen) atoms. The van der Waals surface area contributed by atoms with Gasteiger partial charge in [0.15, 0.2) is 0 Å². The third-order valence-electron chi connectivity index (χ3n) is 3.40. The minimum atomic E-state index is -0.157. The first kappa shape index (κ1) is 14.6. The molecule has 0 bridgehead atoms. The molecular formula is C15H15Cl2N3O. The number of rotatable bonds is 5. The third-order valence-corrected chi connectivity index (χ3v) is 4.11. The number of aromatic nitrogens is 2. The lowest BCUT2D eigenvalue weighted by Crippen LogP contribution is -2.20. The fraction of sp³-hybridized carbons (Fsp3) is 0.333. The molecule has 1 aliphatic carbocycles. The zero-order chi connectivity index (χ0) is 14.8. The van der Waals surface area contributed by atoms with Crippen molar-refractivity contribution in [3.05, 3.63) is 61.7 Å². The quantitative estimate of drug-likeness (QED) is 0.889. The lowest BCUT2D eigenvalue weighted by molar-refractivity contribution is 0.667. The highest BCUT2D eigenvalue weighted by Crippen LogP contribution is 2.25. The topological polar surface area (TPSA) is 57.8 Å². The van der Waals surface area contributed by atoms with Gasteiger partial charge in [0, 0.05) is 35.1 Å². The first-order valence-corrected chi connectivity index (χ1v) is 7.63. The van der Waals surface area contributed by atoms with Crippen LogP contribution in [0.4, 0.5) is 0 Å². The Morgan fingerprint density at radius 1 is 1.29 bits per heavy atom. The summed E-state index contributed by atoms with van der Waals surface area (Å²) >= 11 is 12.3. The Morgan fingerprint density at radius 2 is 2.00 bits per heavy atom. The van der Waals surface area contributed by atoms with E-state index in [1.165, 1.54) is 18.9 Å². The van der Waals surface area contributed by atoms with E-state index in [1.807, 2.05) is 0 Å². The molecular weight excluding hydrogens is 309 g/mol. The van der Waals surface area contributed by atoms with E-state index in [0.717, 1.165) is 11.3 Å². The summed E-state index contributed by atoms with van der Waals surface area (Å²) in [6.07, 6.45) is 2.81. The van der Waals surface area contributed by atoms with Crippen molar-refractivity contribution in [1.82, 2.24) is 15.3 Å². The van der Waals surface area contributed by atoms with Crippen molar-refractivity contribution in [2.45, 2.75) is 31.8 Å². The molecule has 1 fully saturated rings. The number of hydrogen-bond donors (Lipinski definition) is 2. The second kappa shape index (κ2) is 6.18. The van der Waals surface area contributed by atoms with Crippen molar-refractivity contribution in [1.29, 1.82) is 0 Å². The Balaban J connectivity index is 1.82. The van der Waals surface area contributed by atoms with Crippen molar-refractivity contribution in [2.75, 3.05) is 0 Å². The first-order valence-electron chi connectivity index (χ1n) is 6.87. The lowest BCUT2D eigenvalue weighted by atomic mass is 10.1. The summed E-state index contributed by atoms with van der Waals surface area (Å²) in [6, 6.07) is 7.44. The molecule has 0 saturated heterocycles. The molecule has 2 aromatic rings. The van der Waals surface area contributed by atoms with Crippen LogP contribution >= 0.6 is 23.2 Å². The lowest BCUT2D eigenvalue weighted by Gasteiger charge is -2.08. The molecule has 2 N–H and O–H groups in total. The minimum absolute atomic E-state index is 0.157. The molecule has 1 aromatic carbocycles. The highest BCUT2D eigenvalue weighted by atomic mass is 35.5. The Kier molecular flexibility index (Phi) is 4.29. The maximum atomic E-state index is 11.7. The normalized spacial score (nSPS) is 14.4. The third kappa shape index (κ3) is 3.84. The van der Waals surface area contributed by atoms with E-state index in [4.69, 9.17) is 23.2 Å². The number of nitrogens with one attached hydrogen (secondary N) is 2. The van der Waals surface area contributed by atoms with Gasteiger partial charge < -0.3 is 10.3 Å². The van der Waals surface area contributed by atoms with Gasteiger partial charge in [-0.2, -0.15) is 0 Å². The maximum absolute atomic E-state index is 11.7. The second-order valence-corrected chi connectivity index (χ2v) is 6.03. The van der Waals surface area contributed by atoms with E-state index in [9.17, 15) is 4.79 Å². The molecule has 110 valence electrons. The molecule has 0 amide bonds. The van der Waals surface area contributed by atoms with Gasteiger partial charge in [-0.25, -0.2) is 4.98 Å². The van der Waals surface area contributed by atoms with E-state index < -0.39 is 0 Å². The van der Waals surface area contributed by atoms with Crippen LogP contribution in [0.25, 0.3) is 0 Å². The van der Waals surface area contributed by atoms with Gasteiger partial charge in [0.1, 0.15) is 5.82 Å². The Labute approximate surface area is 132 Å². The van der Waals surface area contributed by atoms with Gasteiger partial charge in [0.05, 0.1) is 5.69 Å². The van der Waals surface area contributed by atoms with Gasteiger partial charge in [-0.05, 0) is 30.5 Å². The molecule has 1 aromatic heterocycles. The van der Waals surface area contributed by atoms with Gasteiger partial charge in [0.25, 0.3) is 5.56 Å². The van der Waals surface area contributed by atoms with Gasteiger partial charge in [-0.15, -0.1) is 0 Å². The highest BCUT2D eigenvalue weighted by molar-refractivity contribution is 6.36.